The topological polar surface area (TPSA) is 66.9 Å². The third-order valence-electron chi connectivity index (χ3n) is 4.00. The van der Waals surface area contributed by atoms with Crippen LogP contribution in [0.5, 0.6) is 0 Å². The summed E-state index contributed by atoms with van der Waals surface area (Å²) in [5.74, 6) is -0.0456. The first-order valence-electron chi connectivity index (χ1n) is 7.82. The number of hydrogen-bond acceptors (Lipinski definition) is 4. The molecule has 1 aliphatic rings. The van der Waals surface area contributed by atoms with E-state index in [9.17, 15) is 9.18 Å². The van der Waals surface area contributed by atoms with Gasteiger partial charge in [-0.05, 0) is 18.9 Å². The number of hydrogen-bond donors (Lipinski definition) is 2. The Kier molecular flexibility index (Phi) is 4.80. The van der Waals surface area contributed by atoms with Crippen LogP contribution in [-0.2, 0) is 6.54 Å². The van der Waals surface area contributed by atoms with Crippen molar-refractivity contribution in [3.63, 3.8) is 0 Å². The molecule has 0 radical (unpaired) electrons. The highest BCUT2D eigenvalue weighted by atomic mass is 19.1. The third kappa shape index (κ3) is 4.03. The van der Waals surface area contributed by atoms with Crippen LogP contribution in [0.1, 0.15) is 41.6 Å². The summed E-state index contributed by atoms with van der Waals surface area (Å²) in [5.41, 5.74) is 0.979. The van der Waals surface area contributed by atoms with Crippen LogP contribution in [0, 0.1) is 5.82 Å². The predicted molar refractivity (Wildman–Crippen MR) is 85.5 cm³/mol. The number of anilines is 1. The molecule has 3 rings (SSSR count). The van der Waals surface area contributed by atoms with Gasteiger partial charge in [-0.1, -0.05) is 31.0 Å². The minimum Gasteiger partial charge on any atom is -0.350 e. The zero-order valence-electron chi connectivity index (χ0n) is 12.8. The van der Waals surface area contributed by atoms with Crippen LogP contribution in [-0.4, -0.2) is 21.9 Å². The number of rotatable bonds is 5. The van der Waals surface area contributed by atoms with Crippen molar-refractivity contribution >= 4 is 11.9 Å². The van der Waals surface area contributed by atoms with Crippen LogP contribution in [0.25, 0.3) is 0 Å². The van der Waals surface area contributed by atoms with Crippen LogP contribution in [0.3, 0.4) is 0 Å². The summed E-state index contributed by atoms with van der Waals surface area (Å²) in [6, 6.07) is 6.80. The van der Waals surface area contributed by atoms with Gasteiger partial charge in [-0.15, -0.1) is 0 Å². The minimum absolute atomic E-state index is 0.141. The predicted octanol–water partition coefficient (Wildman–Crippen LogP) is 2.90. The van der Waals surface area contributed by atoms with Crippen molar-refractivity contribution in [1.29, 1.82) is 0 Å². The van der Waals surface area contributed by atoms with Gasteiger partial charge in [0.1, 0.15) is 5.82 Å². The summed E-state index contributed by atoms with van der Waals surface area (Å²) in [5, 5.41) is 5.94. The zero-order chi connectivity index (χ0) is 16.1. The van der Waals surface area contributed by atoms with Crippen molar-refractivity contribution in [3.8, 4) is 0 Å². The molecule has 0 atom stereocenters. The Morgan fingerprint density at radius 3 is 2.57 bits per heavy atom. The van der Waals surface area contributed by atoms with Gasteiger partial charge in [0.15, 0.2) is 0 Å². The van der Waals surface area contributed by atoms with Crippen molar-refractivity contribution in [2.75, 3.05) is 5.32 Å². The highest BCUT2D eigenvalue weighted by Gasteiger charge is 2.18. The first-order valence-corrected chi connectivity index (χ1v) is 7.82. The average molecular weight is 314 g/mol. The van der Waals surface area contributed by atoms with Gasteiger partial charge < -0.3 is 10.6 Å². The molecule has 1 saturated carbocycles. The molecule has 1 aromatic heterocycles. The standard InChI is InChI=1S/C17H19FN4O/c18-15-8-4-1-5-12(15)9-19-17-20-10-13(11-21-17)16(23)22-14-6-2-3-7-14/h1,4-5,8,10-11,14H,2-3,6-7,9H2,(H,22,23)(H,19,20,21). The SMILES string of the molecule is O=C(NC1CCCC1)c1cnc(NCc2ccccc2F)nc1. The molecule has 120 valence electrons. The Labute approximate surface area is 134 Å². The average Bonchev–Trinajstić information content (AvgIpc) is 3.07. The summed E-state index contributed by atoms with van der Waals surface area (Å²) in [6.07, 6.45) is 7.38. The minimum atomic E-state index is -0.271. The van der Waals surface area contributed by atoms with Crippen molar-refractivity contribution < 1.29 is 9.18 Å². The molecular formula is C17H19FN4O. The fraction of sp³-hybridized carbons (Fsp3) is 0.353. The molecule has 1 amide bonds. The van der Waals surface area contributed by atoms with Crippen LogP contribution in [0.4, 0.5) is 10.3 Å². The normalized spacial score (nSPS) is 14.7. The number of carbonyl (C=O) groups is 1. The fourth-order valence-electron chi connectivity index (χ4n) is 2.69. The van der Waals surface area contributed by atoms with E-state index in [0.29, 0.717) is 23.6 Å². The lowest BCUT2D eigenvalue weighted by Gasteiger charge is -2.11. The molecular weight excluding hydrogens is 295 g/mol. The van der Waals surface area contributed by atoms with Crippen LogP contribution in [0.15, 0.2) is 36.7 Å². The van der Waals surface area contributed by atoms with E-state index < -0.39 is 0 Å². The number of halogens is 1. The third-order valence-corrected chi connectivity index (χ3v) is 4.00. The fourth-order valence-corrected chi connectivity index (χ4v) is 2.69. The monoisotopic (exact) mass is 314 g/mol. The van der Waals surface area contributed by atoms with Gasteiger partial charge in [-0.2, -0.15) is 0 Å². The summed E-state index contributed by atoms with van der Waals surface area (Å²) >= 11 is 0. The number of amides is 1. The summed E-state index contributed by atoms with van der Waals surface area (Å²) < 4.78 is 13.5. The van der Waals surface area contributed by atoms with Gasteiger partial charge in [0.2, 0.25) is 5.95 Å². The van der Waals surface area contributed by atoms with E-state index in [-0.39, 0.29) is 17.8 Å². The molecule has 0 saturated heterocycles. The van der Waals surface area contributed by atoms with Crippen LogP contribution in [0.2, 0.25) is 0 Å². The maximum absolute atomic E-state index is 13.5. The van der Waals surface area contributed by atoms with Crippen molar-refractivity contribution in [3.05, 3.63) is 53.6 Å². The number of benzene rings is 1. The molecule has 0 spiro atoms. The molecule has 2 aromatic rings. The highest BCUT2D eigenvalue weighted by molar-refractivity contribution is 5.93. The van der Waals surface area contributed by atoms with E-state index in [0.717, 1.165) is 12.8 Å². The Bertz CT molecular complexity index is 669. The van der Waals surface area contributed by atoms with E-state index >= 15 is 0 Å². The molecule has 1 aromatic carbocycles. The lowest BCUT2D eigenvalue weighted by atomic mass is 10.2. The van der Waals surface area contributed by atoms with Crippen LogP contribution >= 0.6 is 0 Å². The Morgan fingerprint density at radius 2 is 1.87 bits per heavy atom. The van der Waals surface area contributed by atoms with Crippen molar-refractivity contribution in [2.45, 2.75) is 38.3 Å². The summed E-state index contributed by atoms with van der Waals surface area (Å²) in [6.45, 7) is 0.292. The molecule has 2 N–H and O–H groups in total. The van der Waals surface area contributed by atoms with Crippen molar-refractivity contribution in [2.24, 2.45) is 0 Å². The van der Waals surface area contributed by atoms with E-state index in [2.05, 4.69) is 20.6 Å². The molecule has 0 bridgehead atoms. The molecule has 1 heterocycles. The molecule has 1 aliphatic carbocycles. The van der Waals surface area contributed by atoms with Gasteiger partial charge in [-0.3, -0.25) is 4.79 Å². The maximum Gasteiger partial charge on any atom is 0.254 e. The van der Waals surface area contributed by atoms with E-state index in [4.69, 9.17) is 0 Å². The van der Waals surface area contributed by atoms with Gasteiger partial charge in [0.25, 0.3) is 5.91 Å². The molecule has 0 unspecified atom stereocenters. The van der Waals surface area contributed by atoms with E-state index in [1.165, 1.54) is 31.3 Å². The molecule has 6 heteroatoms. The second-order valence-electron chi connectivity index (χ2n) is 5.70. The number of carbonyl (C=O) groups excluding carboxylic acids is 1. The Balaban J connectivity index is 1.56. The van der Waals surface area contributed by atoms with Gasteiger partial charge in [0, 0.05) is 30.5 Å². The first-order chi connectivity index (χ1) is 11.2. The maximum atomic E-state index is 13.5. The van der Waals surface area contributed by atoms with Gasteiger partial charge in [0.05, 0.1) is 5.56 Å². The van der Waals surface area contributed by atoms with E-state index in [1.807, 2.05) is 0 Å². The zero-order valence-corrected chi connectivity index (χ0v) is 12.8. The molecule has 1 fully saturated rings. The number of aromatic nitrogens is 2. The smallest absolute Gasteiger partial charge is 0.254 e. The second kappa shape index (κ2) is 7.17. The lowest BCUT2D eigenvalue weighted by Crippen LogP contribution is -2.32. The van der Waals surface area contributed by atoms with Crippen LogP contribution < -0.4 is 10.6 Å². The second-order valence-corrected chi connectivity index (χ2v) is 5.70. The van der Waals surface area contributed by atoms with Crippen molar-refractivity contribution in [1.82, 2.24) is 15.3 Å². The first kappa shape index (κ1) is 15.4. The summed E-state index contributed by atoms with van der Waals surface area (Å²) in [7, 11) is 0. The Hall–Kier alpha value is -2.50. The molecule has 5 nitrogen and oxygen atoms in total. The quantitative estimate of drug-likeness (QED) is 0.890. The number of nitrogens with zero attached hydrogens (tertiary/aromatic N) is 2. The lowest BCUT2D eigenvalue weighted by molar-refractivity contribution is 0.0937. The van der Waals surface area contributed by atoms with E-state index in [1.54, 1.807) is 18.2 Å². The molecule has 23 heavy (non-hydrogen) atoms. The van der Waals surface area contributed by atoms with Gasteiger partial charge in [-0.25, -0.2) is 14.4 Å². The largest absolute Gasteiger partial charge is 0.350 e. The number of nitrogens with one attached hydrogen (secondary N) is 2. The highest BCUT2D eigenvalue weighted by Crippen LogP contribution is 2.18. The Morgan fingerprint density at radius 1 is 1.17 bits per heavy atom. The molecule has 0 aliphatic heterocycles. The summed E-state index contributed by atoms with van der Waals surface area (Å²) in [4.78, 5) is 20.3. The van der Waals surface area contributed by atoms with Gasteiger partial charge >= 0.3 is 0 Å².